The fourth-order valence-electron chi connectivity index (χ4n) is 6.62. The normalized spacial score (nSPS) is 33.9. The van der Waals surface area contributed by atoms with Gasteiger partial charge in [-0.1, -0.05) is 0 Å². The maximum Gasteiger partial charge on any atom is 1.00 e. The van der Waals surface area contributed by atoms with E-state index < -0.39 is 75.3 Å². The average molecular weight is 803 g/mol. The number of hydrogen-bond acceptors (Lipinski definition) is 18. The Hall–Kier alpha value is -0.390. The average Bonchev–Trinajstić information content (AvgIpc) is 3.80. The SMILES string of the molecule is O=c1c2ncn([C@@H]3O[C@@H]4COP(=O)([S-])O[C@H]5C[C@H](n6cc7c8c(ncnc86)NCCC7)O[C@@H]5COP(=O)([S-])O[C@@H]3[C@@H]4O)c2ncn1CCO.[Na+].[Na+]. The maximum absolute atomic E-state index is 13.7. The zero-order valence-corrected chi connectivity index (χ0v) is 34.8. The van der Waals surface area contributed by atoms with Gasteiger partial charge >= 0.3 is 59.1 Å². The summed E-state index contributed by atoms with van der Waals surface area (Å²) in [5.74, 6) is 0.722. The summed E-state index contributed by atoms with van der Waals surface area (Å²) in [5, 5.41) is 24.7. The number of ether oxygens (including phenoxy) is 2. The van der Waals surface area contributed by atoms with Crippen molar-refractivity contribution in [3.8, 4) is 0 Å². The third kappa shape index (κ3) is 7.86. The molecule has 8 heterocycles. The molecular weight excluding hydrogens is 772 g/mol. The van der Waals surface area contributed by atoms with Crippen molar-refractivity contribution in [1.82, 2.24) is 33.6 Å². The predicted molar refractivity (Wildman–Crippen MR) is 173 cm³/mol. The molecule has 0 saturated carbocycles. The molecule has 0 aliphatic carbocycles. The van der Waals surface area contributed by atoms with Crippen LogP contribution in [0.2, 0.25) is 0 Å². The van der Waals surface area contributed by atoms with E-state index in [2.05, 4.69) is 25.3 Å². The number of hydrogen-bond donors (Lipinski definition) is 3. The molecular formula is C26H30N8Na2O11P2S2. The molecule has 8 rings (SSSR count). The molecule has 0 radical (unpaired) electrons. The van der Waals surface area contributed by atoms with E-state index in [0.717, 1.165) is 36.2 Å². The molecule has 51 heavy (non-hydrogen) atoms. The van der Waals surface area contributed by atoms with E-state index in [1.807, 2.05) is 10.8 Å². The van der Waals surface area contributed by atoms with Crippen molar-refractivity contribution in [1.29, 1.82) is 0 Å². The molecule has 4 aromatic heterocycles. The van der Waals surface area contributed by atoms with Gasteiger partial charge in [0, 0.05) is 19.2 Å². The number of fused-ring (bicyclic) bond motifs is 4. The molecule has 264 valence electrons. The molecule has 25 heteroatoms. The minimum atomic E-state index is -4.39. The van der Waals surface area contributed by atoms with Gasteiger partial charge in [0.15, 0.2) is 24.2 Å². The first-order chi connectivity index (χ1) is 23.5. The predicted octanol–water partition coefficient (Wildman–Crippen LogP) is -4.93. The monoisotopic (exact) mass is 802 g/mol. The summed E-state index contributed by atoms with van der Waals surface area (Å²) < 4.78 is 66.6. The molecule has 4 aliphatic rings. The Morgan fingerprint density at radius 2 is 1.71 bits per heavy atom. The van der Waals surface area contributed by atoms with Crippen molar-refractivity contribution in [3.05, 3.63) is 41.1 Å². The summed E-state index contributed by atoms with van der Waals surface area (Å²) >= 11 is 10.5. The van der Waals surface area contributed by atoms with Crippen molar-refractivity contribution in [2.24, 2.45) is 0 Å². The number of aliphatic hydroxyl groups excluding tert-OH is 2. The topological polar surface area (TPSA) is 225 Å². The third-order valence-corrected chi connectivity index (χ3v) is 12.0. The van der Waals surface area contributed by atoms with Crippen LogP contribution in [-0.4, -0.2) is 101 Å². The Kier molecular flexibility index (Phi) is 12.6. The number of anilines is 1. The van der Waals surface area contributed by atoms with Gasteiger partial charge in [-0.3, -0.25) is 23.1 Å². The summed E-state index contributed by atoms with van der Waals surface area (Å²) in [4.78, 5) is 30.2. The molecule has 19 nitrogen and oxygen atoms in total. The van der Waals surface area contributed by atoms with Gasteiger partial charge in [0.05, 0.1) is 44.2 Å². The number of rotatable bonds is 4. The Morgan fingerprint density at radius 3 is 2.49 bits per heavy atom. The van der Waals surface area contributed by atoms with Crippen molar-refractivity contribution in [3.63, 3.8) is 0 Å². The van der Waals surface area contributed by atoms with E-state index in [-0.39, 0.29) is 89.9 Å². The van der Waals surface area contributed by atoms with Gasteiger partial charge in [0.2, 0.25) is 6.80 Å². The molecule has 2 unspecified atom stereocenters. The van der Waals surface area contributed by atoms with Gasteiger partial charge in [-0.25, -0.2) is 19.9 Å². The standard InChI is InChI=1S/C26H32N8O11P2S2.2Na/c35-5-4-32-11-31-24-19(25(32)37)30-12-34(24)26-21-20(36)16(43-26)9-41-46(38,48)44-14-6-17(42-15(14)8-40-47(39,49)45-21)33-7-13-2-1-3-27-22-18(13)23(33)29-10-28-22;;/h7,10-12,14-17,20-21,26,35-36H,1-6,8-9H2,(H,38,48)(H,39,49)(H,27,28,29);;/q;2*+1/p-2/t14-,15+,16+,17+,20+,21+,26+,46?,47?;;/m0../s1. The van der Waals surface area contributed by atoms with Crippen molar-refractivity contribution in [2.75, 3.05) is 31.7 Å². The summed E-state index contributed by atoms with van der Waals surface area (Å²) in [7, 11) is 0. The van der Waals surface area contributed by atoms with E-state index in [9.17, 15) is 24.1 Å². The minimum Gasteiger partial charge on any atom is -0.660 e. The van der Waals surface area contributed by atoms with Crippen LogP contribution < -0.4 is 70.0 Å². The molecule has 0 spiro atoms. The first-order valence-corrected chi connectivity index (χ1v) is 20.5. The van der Waals surface area contributed by atoms with Gasteiger partial charge in [-0.15, -0.1) is 0 Å². The van der Waals surface area contributed by atoms with Crippen molar-refractivity contribution < 1.29 is 106 Å². The van der Waals surface area contributed by atoms with Gasteiger partial charge < -0.3 is 72.2 Å². The summed E-state index contributed by atoms with van der Waals surface area (Å²) in [5.41, 5.74) is 1.14. The Morgan fingerprint density at radius 1 is 0.941 bits per heavy atom. The van der Waals surface area contributed by atoms with Crippen LogP contribution in [0, 0.1) is 0 Å². The second kappa shape index (κ2) is 16.0. The van der Waals surface area contributed by atoms with Crippen LogP contribution in [0.1, 0.15) is 30.9 Å². The van der Waals surface area contributed by atoms with Crippen molar-refractivity contribution >= 4 is 66.1 Å². The molecule has 3 fully saturated rings. The van der Waals surface area contributed by atoms with Crippen LogP contribution in [0.4, 0.5) is 5.82 Å². The summed E-state index contributed by atoms with van der Waals surface area (Å²) in [6.45, 7) is -9.07. The summed E-state index contributed by atoms with van der Waals surface area (Å²) in [6, 6.07) is 0. The zero-order valence-electron chi connectivity index (χ0n) is 27.4. The van der Waals surface area contributed by atoms with E-state index in [4.69, 9.17) is 52.1 Å². The quantitative estimate of drug-likeness (QED) is 0.0999. The smallest absolute Gasteiger partial charge is 0.660 e. The minimum absolute atomic E-state index is 0. The molecule has 0 amide bonds. The molecule has 3 saturated heterocycles. The molecule has 4 aromatic rings. The first kappa shape index (κ1) is 40.3. The van der Waals surface area contributed by atoms with Crippen LogP contribution in [0.15, 0.2) is 30.0 Å². The van der Waals surface area contributed by atoms with Gasteiger partial charge in [0.1, 0.15) is 54.8 Å². The van der Waals surface area contributed by atoms with E-state index in [1.54, 1.807) is 0 Å². The fourth-order valence-corrected chi connectivity index (χ4v) is 9.48. The van der Waals surface area contributed by atoms with Crippen LogP contribution >= 0.6 is 13.6 Å². The largest absolute Gasteiger partial charge is 1.00 e. The molecule has 3 N–H and O–H groups in total. The molecule has 2 bridgehead atoms. The number of imidazole rings is 1. The van der Waals surface area contributed by atoms with E-state index >= 15 is 0 Å². The van der Waals surface area contributed by atoms with Gasteiger partial charge in [-0.05, 0) is 18.4 Å². The first-order valence-electron chi connectivity index (χ1n) is 15.4. The maximum atomic E-state index is 13.7. The molecule has 0 aromatic carbocycles. The number of aryl methyl sites for hydroxylation is 1. The second-order valence-electron chi connectivity index (χ2n) is 11.9. The summed E-state index contributed by atoms with van der Waals surface area (Å²) in [6.07, 6.45) is -0.361. The van der Waals surface area contributed by atoms with Crippen molar-refractivity contribution in [2.45, 2.75) is 68.8 Å². The Bertz CT molecular complexity index is 2080. The number of aliphatic hydroxyl groups is 2. The van der Waals surface area contributed by atoms with Crippen LogP contribution in [-0.2, 0) is 74.2 Å². The Balaban J connectivity index is 0.00000224. The second-order valence-corrected chi connectivity index (χ2v) is 17.3. The van der Waals surface area contributed by atoms with Gasteiger partial charge in [-0.2, -0.15) is 0 Å². The molecule has 4 aliphatic heterocycles. The van der Waals surface area contributed by atoms with Crippen LogP contribution in [0.5, 0.6) is 0 Å². The number of aromatic nitrogens is 7. The Labute approximate surface area is 344 Å². The van der Waals surface area contributed by atoms with E-state index in [1.165, 1.54) is 28.1 Å². The zero-order chi connectivity index (χ0) is 34.1. The molecule has 9 atom stereocenters. The third-order valence-electron chi connectivity index (χ3n) is 8.88. The van der Waals surface area contributed by atoms with Gasteiger partial charge in [0.25, 0.3) is 5.56 Å². The fraction of sp³-hybridized carbons (Fsp3) is 0.577. The van der Waals surface area contributed by atoms with Crippen LogP contribution in [0.3, 0.4) is 0 Å². The number of nitrogens with one attached hydrogen (secondary N) is 1. The van der Waals surface area contributed by atoms with E-state index in [0.29, 0.717) is 5.65 Å². The number of nitrogens with zero attached hydrogens (tertiary/aromatic N) is 7. The van der Waals surface area contributed by atoms with Crippen LogP contribution in [0.25, 0.3) is 22.2 Å².